The lowest BCUT2D eigenvalue weighted by Crippen LogP contribution is -2.45. The van der Waals surface area contributed by atoms with Crippen molar-refractivity contribution in [2.45, 2.75) is 45.8 Å². The van der Waals surface area contributed by atoms with Crippen LogP contribution < -0.4 is 10.6 Å². The smallest absolute Gasteiger partial charge is 0.152 e. The molecule has 3 unspecified atom stereocenters. The molecule has 116 valence electrons. The van der Waals surface area contributed by atoms with Crippen molar-refractivity contribution >= 4 is 12.0 Å². The number of allylic oxidation sites excluding steroid dienone is 2. The molecule has 1 aromatic rings. The first-order valence-corrected chi connectivity index (χ1v) is 8.02. The molecule has 0 saturated heterocycles. The van der Waals surface area contributed by atoms with E-state index in [1.165, 1.54) is 16.7 Å². The van der Waals surface area contributed by atoms with E-state index in [9.17, 15) is 4.79 Å². The summed E-state index contributed by atoms with van der Waals surface area (Å²) in [6, 6.07) is 6.92. The molecule has 0 bridgehead atoms. The topological polar surface area (TPSA) is 41.1 Å². The minimum Gasteiger partial charge on any atom is -0.373 e. The highest BCUT2D eigenvalue weighted by molar-refractivity contribution is 5.89. The lowest BCUT2D eigenvalue weighted by Gasteiger charge is -2.42. The summed E-state index contributed by atoms with van der Waals surface area (Å²) >= 11 is 0. The van der Waals surface area contributed by atoms with Crippen LogP contribution in [-0.2, 0) is 0 Å². The van der Waals surface area contributed by atoms with E-state index >= 15 is 0 Å². The molecule has 0 spiro atoms. The molecule has 3 atom stereocenters. The fourth-order valence-corrected chi connectivity index (χ4v) is 3.59. The summed E-state index contributed by atoms with van der Waals surface area (Å²) in [6.45, 7) is 8.78. The van der Waals surface area contributed by atoms with E-state index in [0.717, 1.165) is 17.5 Å². The van der Waals surface area contributed by atoms with Crippen LogP contribution in [0.4, 0.5) is 5.69 Å². The van der Waals surface area contributed by atoms with Crippen LogP contribution >= 0.6 is 0 Å². The first-order valence-electron chi connectivity index (χ1n) is 8.02. The molecular formula is C19H24N2O. The van der Waals surface area contributed by atoms with Gasteiger partial charge in [-0.25, -0.2) is 0 Å². The van der Waals surface area contributed by atoms with Gasteiger partial charge in [0.1, 0.15) is 0 Å². The van der Waals surface area contributed by atoms with Crippen molar-refractivity contribution in [3.8, 4) is 0 Å². The predicted molar refractivity (Wildman–Crippen MR) is 91.3 cm³/mol. The fraction of sp³-hybridized carbons (Fsp3) is 0.421. The number of benzene rings is 1. The van der Waals surface area contributed by atoms with E-state index in [2.05, 4.69) is 56.5 Å². The van der Waals surface area contributed by atoms with E-state index in [1.54, 1.807) is 0 Å². The number of aldehydes is 1. The lowest BCUT2D eigenvalue weighted by molar-refractivity contribution is 0.112. The van der Waals surface area contributed by atoms with Crippen molar-refractivity contribution in [3.05, 3.63) is 52.6 Å². The molecule has 0 radical (unpaired) electrons. The van der Waals surface area contributed by atoms with Gasteiger partial charge in [0.2, 0.25) is 0 Å². The van der Waals surface area contributed by atoms with Crippen molar-refractivity contribution in [1.82, 2.24) is 5.32 Å². The average Bonchev–Trinajstić information content (AvgIpc) is 2.43. The van der Waals surface area contributed by atoms with Gasteiger partial charge in [-0.1, -0.05) is 50.6 Å². The third-order valence-electron chi connectivity index (χ3n) is 4.51. The number of fused-ring (bicyclic) bond motifs is 1. The van der Waals surface area contributed by atoms with Crippen LogP contribution in [0.2, 0.25) is 0 Å². The number of anilines is 1. The zero-order valence-corrected chi connectivity index (χ0v) is 13.7. The van der Waals surface area contributed by atoms with Gasteiger partial charge < -0.3 is 10.6 Å². The molecule has 1 heterocycles. The summed E-state index contributed by atoms with van der Waals surface area (Å²) in [6.07, 6.45) is 5.54. The SMILES string of the molecule is CC1=CC(C)C(NC(C)C)C(C2Nc3c(C=O)cccc32)=C1. The van der Waals surface area contributed by atoms with Gasteiger partial charge in [-0.3, -0.25) is 4.79 Å². The van der Waals surface area contributed by atoms with Gasteiger partial charge in [-0.05, 0) is 24.5 Å². The number of carbonyl (C=O) groups excluding carboxylic acids is 1. The van der Waals surface area contributed by atoms with Crippen LogP contribution in [0.25, 0.3) is 0 Å². The summed E-state index contributed by atoms with van der Waals surface area (Å²) in [5, 5.41) is 7.18. The monoisotopic (exact) mass is 296 g/mol. The molecule has 1 aromatic carbocycles. The van der Waals surface area contributed by atoms with Crippen LogP contribution in [-0.4, -0.2) is 18.4 Å². The van der Waals surface area contributed by atoms with Crippen molar-refractivity contribution in [3.63, 3.8) is 0 Å². The van der Waals surface area contributed by atoms with Crippen molar-refractivity contribution < 1.29 is 4.79 Å². The maximum absolute atomic E-state index is 11.1. The zero-order chi connectivity index (χ0) is 15.9. The number of rotatable bonds is 4. The third-order valence-corrected chi connectivity index (χ3v) is 4.51. The molecule has 0 aromatic heterocycles. The second-order valence-electron chi connectivity index (χ2n) is 6.72. The minimum absolute atomic E-state index is 0.206. The van der Waals surface area contributed by atoms with Crippen molar-refractivity contribution in [2.24, 2.45) is 5.92 Å². The highest BCUT2D eigenvalue weighted by atomic mass is 16.1. The second kappa shape index (κ2) is 5.73. The molecule has 3 rings (SSSR count). The van der Waals surface area contributed by atoms with Gasteiger partial charge >= 0.3 is 0 Å². The highest BCUT2D eigenvalue weighted by Crippen LogP contribution is 2.45. The zero-order valence-electron chi connectivity index (χ0n) is 13.7. The van der Waals surface area contributed by atoms with E-state index in [1.807, 2.05) is 12.1 Å². The molecular weight excluding hydrogens is 272 g/mol. The Bertz CT molecular complexity index is 657. The Kier molecular flexibility index (Phi) is 3.92. The van der Waals surface area contributed by atoms with Gasteiger partial charge in [0.05, 0.1) is 11.7 Å². The predicted octanol–water partition coefficient (Wildman–Crippen LogP) is 3.85. The molecule has 2 aliphatic rings. The summed E-state index contributed by atoms with van der Waals surface area (Å²) in [4.78, 5) is 11.1. The van der Waals surface area contributed by atoms with E-state index in [-0.39, 0.29) is 6.04 Å². The van der Waals surface area contributed by atoms with Crippen LogP contribution in [0.1, 0.15) is 49.7 Å². The Balaban J connectivity index is 1.95. The minimum atomic E-state index is 0.206. The van der Waals surface area contributed by atoms with Crippen LogP contribution in [0.3, 0.4) is 0 Å². The van der Waals surface area contributed by atoms with Gasteiger partial charge in [0.15, 0.2) is 6.29 Å². The molecule has 0 fully saturated rings. The van der Waals surface area contributed by atoms with Crippen LogP contribution in [0.15, 0.2) is 41.5 Å². The average molecular weight is 296 g/mol. The molecule has 3 heteroatoms. The van der Waals surface area contributed by atoms with Crippen LogP contribution in [0.5, 0.6) is 0 Å². The van der Waals surface area contributed by atoms with E-state index in [4.69, 9.17) is 0 Å². The number of para-hydroxylation sites is 1. The van der Waals surface area contributed by atoms with E-state index in [0.29, 0.717) is 18.0 Å². The number of hydrogen-bond donors (Lipinski definition) is 2. The summed E-state index contributed by atoms with van der Waals surface area (Å²) in [7, 11) is 0. The van der Waals surface area contributed by atoms with Gasteiger partial charge in [-0.15, -0.1) is 0 Å². The second-order valence-corrected chi connectivity index (χ2v) is 6.72. The fourth-order valence-electron chi connectivity index (χ4n) is 3.59. The van der Waals surface area contributed by atoms with Crippen molar-refractivity contribution in [1.29, 1.82) is 0 Å². The Hall–Kier alpha value is -1.87. The van der Waals surface area contributed by atoms with Gasteiger partial charge in [-0.2, -0.15) is 0 Å². The molecule has 1 aliphatic heterocycles. The number of carbonyl (C=O) groups is 1. The maximum atomic E-state index is 11.1. The quantitative estimate of drug-likeness (QED) is 0.829. The Labute approximate surface area is 132 Å². The first-order chi connectivity index (χ1) is 10.5. The first kappa shape index (κ1) is 15.0. The number of nitrogens with one attached hydrogen (secondary N) is 2. The molecule has 22 heavy (non-hydrogen) atoms. The van der Waals surface area contributed by atoms with Crippen molar-refractivity contribution in [2.75, 3.05) is 5.32 Å². The number of hydrogen-bond acceptors (Lipinski definition) is 3. The normalized spacial score (nSPS) is 26.5. The Morgan fingerprint density at radius 1 is 1.32 bits per heavy atom. The van der Waals surface area contributed by atoms with Gasteiger partial charge in [0.25, 0.3) is 0 Å². The standard InChI is InChI=1S/C19H24N2O/c1-11(2)20-17-13(4)8-12(3)9-16(17)19-15-7-5-6-14(10-22)18(15)21-19/h5-11,13,17,19-21H,1-4H3. The maximum Gasteiger partial charge on any atom is 0.152 e. The molecule has 1 aliphatic carbocycles. The lowest BCUT2D eigenvalue weighted by atomic mass is 9.77. The molecule has 2 N–H and O–H groups in total. The molecule has 0 saturated carbocycles. The summed E-state index contributed by atoms with van der Waals surface area (Å²) in [5.74, 6) is 0.461. The summed E-state index contributed by atoms with van der Waals surface area (Å²) < 4.78 is 0. The van der Waals surface area contributed by atoms with Gasteiger partial charge in [0, 0.05) is 23.2 Å². The summed E-state index contributed by atoms with van der Waals surface area (Å²) in [5.41, 5.74) is 5.65. The van der Waals surface area contributed by atoms with E-state index < -0.39 is 0 Å². The Morgan fingerprint density at radius 2 is 2.09 bits per heavy atom. The highest BCUT2D eigenvalue weighted by Gasteiger charge is 2.36. The van der Waals surface area contributed by atoms with Crippen LogP contribution in [0, 0.1) is 5.92 Å². The molecule has 0 amide bonds. The Morgan fingerprint density at radius 3 is 2.77 bits per heavy atom. The largest absolute Gasteiger partial charge is 0.373 e. The molecule has 3 nitrogen and oxygen atoms in total. The third kappa shape index (κ3) is 2.50.